The van der Waals surface area contributed by atoms with Crippen LogP contribution in [0.1, 0.15) is 11.1 Å². The molecule has 2 aromatic heterocycles. The second kappa shape index (κ2) is 10.1. The Morgan fingerprint density at radius 3 is 2.91 bits per heavy atom. The van der Waals surface area contributed by atoms with E-state index in [0.29, 0.717) is 28.9 Å². The van der Waals surface area contributed by atoms with Crippen molar-refractivity contribution < 1.29 is 14.3 Å². The fraction of sp³-hybridized carbons (Fsp3) is 0.217. The monoisotopic (exact) mass is 466 g/mol. The number of thioether (sulfide) groups is 1. The first kappa shape index (κ1) is 22.2. The summed E-state index contributed by atoms with van der Waals surface area (Å²) in [7, 11) is 1.59. The fourth-order valence-corrected chi connectivity index (χ4v) is 4.72. The van der Waals surface area contributed by atoms with Crippen LogP contribution in [0.25, 0.3) is 17.0 Å². The Hall–Kier alpha value is -3.01. The van der Waals surface area contributed by atoms with Gasteiger partial charge in [-0.25, -0.2) is 0 Å². The van der Waals surface area contributed by atoms with Crippen molar-refractivity contribution in [2.24, 2.45) is 0 Å². The van der Waals surface area contributed by atoms with Crippen molar-refractivity contribution in [1.82, 2.24) is 19.8 Å². The van der Waals surface area contributed by atoms with Gasteiger partial charge in [0.25, 0.3) is 5.91 Å². The molecule has 0 spiro atoms. The predicted molar refractivity (Wildman–Crippen MR) is 130 cm³/mol. The van der Waals surface area contributed by atoms with Crippen molar-refractivity contribution in [1.29, 1.82) is 0 Å². The third-order valence-electron chi connectivity index (χ3n) is 4.99. The number of thiocarbonyl (C=S) groups is 1. The lowest BCUT2D eigenvalue weighted by molar-refractivity contribution is -0.123. The summed E-state index contributed by atoms with van der Waals surface area (Å²) in [5, 5.41) is 3.80. The van der Waals surface area contributed by atoms with E-state index in [9.17, 15) is 9.59 Å². The average Bonchev–Trinajstić information content (AvgIpc) is 3.27. The molecule has 1 aliphatic rings. The minimum Gasteiger partial charge on any atom is -0.383 e. The van der Waals surface area contributed by atoms with Crippen molar-refractivity contribution in [3.8, 4) is 0 Å². The molecular formula is C23H22N4O3S2. The summed E-state index contributed by atoms with van der Waals surface area (Å²) in [5.41, 5.74) is 2.71. The summed E-state index contributed by atoms with van der Waals surface area (Å²) < 4.78 is 7.38. The molecule has 0 aliphatic carbocycles. The number of carbonyl (C=O) groups is 2. The van der Waals surface area contributed by atoms with Gasteiger partial charge in [-0.2, -0.15) is 0 Å². The molecule has 4 rings (SSSR count). The molecule has 1 aromatic carbocycles. The molecule has 1 saturated heterocycles. The number of rotatable bonds is 8. The number of benzene rings is 1. The van der Waals surface area contributed by atoms with E-state index in [4.69, 9.17) is 17.0 Å². The first-order valence-corrected chi connectivity index (χ1v) is 11.3. The number of amides is 2. The van der Waals surface area contributed by atoms with E-state index in [2.05, 4.69) is 10.3 Å². The van der Waals surface area contributed by atoms with Crippen LogP contribution < -0.4 is 5.32 Å². The summed E-state index contributed by atoms with van der Waals surface area (Å²) >= 11 is 6.74. The number of hydrogen-bond donors (Lipinski definition) is 1. The Morgan fingerprint density at radius 2 is 2.12 bits per heavy atom. The van der Waals surface area contributed by atoms with Crippen molar-refractivity contribution >= 4 is 57.1 Å². The number of hydrogen-bond acceptors (Lipinski definition) is 6. The first-order chi connectivity index (χ1) is 15.6. The zero-order chi connectivity index (χ0) is 22.5. The zero-order valence-corrected chi connectivity index (χ0v) is 19.1. The van der Waals surface area contributed by atoms with Crippen molar-refractivity contribution in [3.63, 3.8) is 0 Å². The quantitative estimate of drug-likeness (QED) is 0.312. The minimum atomic E-state index is -0.127. The van der Waals surface area contributed by atoms with Gasteiger partial charge < -0.3 is 14.6 Å². The molecule has 3 aromatic rings. The van der Waals surface area contributed by atoms with Crippen LogP contribution in [0.2, 0.25) is 0 Å². The van der Waals surface area contributed by atoms with E-state index >= 15 is 0 Å². The number of nitrogens with one attached hydrogen (secondary N) is 1. The minimum absolute atomic E-state index is 0.0999. The lowest BCUT2D eigenvalue weighted by Crippen LogP contribution is -2.30. The summed E-state index contributed by atoms with van der Waals surface area (Å²) in [6.45, 7) is 1.49. The molecule has 164 valence electrons. The van der Waals surface area contributed by atoms with Crippen LogP contribution in [0.15, 0.2) is 59.9 Å². The highest BCUT2D eigenvalue weighted by molar-refractivity contribution is 8.26. The van der Waals surface area contributed by atoms with E-state index in [-0.39, 0.29) is 18.4 Å². The van der Waals surface area contributed by atoms with Gasteiger partial charge in [0.2, 0.25) is 5.91 Å². The normalized spacial score (nSPS) is 15.2. The number of pyridine rings is 1. The van der Waals surface area contributed by atoms with Gasteiger partial charge in [-0.3, -0.25) is 19.5 Å². The van der Waals surface area contributed by atoms with Gasteiger partial charge in [-0.15, -0.1) is 0 Å². The molecular weight excluding hydrogens is 444 g/mol. The molecule has 0 saturated carbocycles. The van der Waals surface area contributed by atoms with Gasteiger partial charge in [0.15, 0.2) is 0 Å². The van der Waals surface area contributed by atoms with E-state index in [1.165, 1.54) is 11.8 Å². The largest absolute Gasteiger partial charge is 0.383 e. The van der Waals surface area contributed by atoms with Crippen molar-refractivity contribution in [3.05, 3.63) is 71.0 Å². The Kier molecular flexibility index (Phi) is 6.99. The van der Waals surface area contributed by atoms with Crippen LogP contribution in [0.5, 0.6) is 0 Å². The second-order valence-corrected chi connectivity index (χ2v) is 8.88. The number of para-hydroxylation sites is 1. The Morgan fingerprint density at radius 1 is 1.28 bits per heavy atom. The smallest absolute Gasteiger partial charge is 0.266 e. The summed E-state index contributed by atoms with van der Waals surface area (Å²) in [5.74, 6) is -0.227. The van der Waals surface area contributed by atoms with Gasteiger partial charge in [-0.05, 0) is 23.8 Å². The number of fused-ring (bicyclic) bond motifs is 1. The molecule has 0 radical (unpaired) electrons. The first-order valence-electron chi connectivity index (χ1n) is 10.0. The van der Waals surface area contributed by atoms with Crippen LogP contribution >= 0.6 is 24.0 Å². The van der Waals surface area contributed by atoms with Crippen LogP contribution in [-0.4, -0.2) is 50.8 Å². The van der Waals surface area contributed by atoms with E-state index in [1.54, 1.807) is 24.4 Å². The third kappa shape index (κ3) is 4.90. The van der Waals surface area contributed by atoms with Gasteiger partial charge in [-0.1, -0.05) is 48.2 Å². The summed E-state index contributed by atoms with van der Waals surface area (Å²) in [4.78, 5) is 31.6. The van der Waals surface area contributed by atoms with Crippen LogP contribution in [-0.2, 0) is 27.4 Å². The maximum atomic E-state index is 13.0. The third-order valence-corrected chi connectivity index (χ3v) is 6.36. The molecule has 0 atom stereocenters. The highest BCUT2D eigenvalue weighted by Crippen LogP contribution is 2.35. The van der Waals surface area contributed by atoms with Crippen molar-refractivity contribution in [2.45, 2.75) is 13.1 Å². The standard InChI is InChI=1S/C23H22N4O3S2/c1-30-10-9-25-21(28)15-26-14-17(18-6-2-3-7-19(18)26)11-20-22(29)27(23(31)32-20)13-16-5-4-8-24-12-16/h2-8,11-12,14H,9-10,13,15H2,1H3,(H,25,28)/b20-11-. The Balaban J connectivity index is 1.58. The summed E-state index contributed by atoms with van der Waals surface area (Å²) in [6, 6.07) is 11.6. The number of aromatic nitrogens is 2. The highest BCUT2D eigenvalue weighted by atomic mass is 32.2. The predicted octanol–water partition coefficient (Wildman–Crippen LogP) is 3.20. The molecule has 32 heavy (non-hydrogen) atoms. The molecule has 1 N–H and O–H groups in total. The highest BCUT2D eigenvalue weighted by Gasteiger charge is 2.32. The summed E-state index contributed by atoms with van der Waals surface area (Å²) in [6.07, 6.45) is 7.17. The van der Waals surface area contributed by atoms with E-state index in [1.807, 2.05) is 53.2 Å². The maximum Gasteiger partial charge on any atom is 0.266 e. The topological polar surface area (TPSA) is 76.5 Å². The van der Waals surface area contributed by atoms with E-state index < -0.39 is 0 Å². The van der Waals surface area contributed by atoms with Crippen LogP contribution in [0, 0.1) is 0 Å². The zero-order valence-electron chi connectivity index (χ0n) is 17.5. The Labute approximate surface area is 195 Å². The fourth-order valence-electron chi connectivity index (χ4n) is 3.48. The molecule has 1 fully saturated rings. The number of ether oxygens (including phenoxy) is 1. The molecule has 7 nitrogen and oxygen atoms in total. The van der Waals surface area contributed by atoms with Gasteiger partial charge >= 0.3 is 0 Å². The average molecular weight is 467 g/mol. The molecule has 3 heterocycles. The van der Waals surface area contributed by atoms with Gasteiger partial charge in [0.1, 0.15) is 10.9 Å². The Bertz CT molecular complexity index is 1190. The number of carbonyl (C=O) groups excluding carboxylic acids is 2. The van der Waals surface area contributed by atoms with Crippen molar-refractivity contribution in [2.75, 3.05) is 20.3 Å². The van der Waals surface area contributed by atoms with Gasteiger partial charge in [0.05, 0.1) is 18.1 Å². The molecule has 0 unspecified atom stereocenters. The lowest BCUT2D eigenvalue weighted by Gasteiger charge is -2.13. The van der Waals surface area contributed by atoms with E-state index in [0.717, 1.165) is 22.0 Å². The number of methoxy groups -OCH3 is 1. The second-order valence-electron chi connectivity index (χ2n) is 7.20. The van der Waals surface area contributed by atoms with Gasteiger partial charge in [0, 0.05) is 48.7 Å². The molecule has 2 amide bonds. The number of nitrogens with zero attached hydrogens (tertiary/aromatic N) is 3. The molecule has 1 aliphatic heterocycles. The van der Waals surface area contributed by atoms with Crippen LogP contribution in [0.3, 0.4) is 0 Å². The molecule has 0 bridgehead atoms. The maximum absolute atomic E-state index is 13.0. The lowest BCUT2D eigenvalue weighted by atomic mass is 10.1. The molecule has 9 heteroatoms. The SMILES string of the molecule is COCCNC(=O)Cn1cc(/C=C2\SC(=S)N(Cc3cccnc3)C2=O)c2ccccc21. The van der Waals surface area contributed by atoms with Crippen LogP contribution in [0.4, 0.5) is 0 Å².